The average Bonchev–Trinajstić information content (AvgIpc) is 2.40. The lowest BCUT2D eigenvalue weighted by Gasteiger charge is -2.04. The molecular weight excluding hydrogens is 272 g/mol. The van der Waals surface area contributed by atoms with Crippen molar-refractivity contribution in [3.8, 4) is 11.5 Å². The quantitative estimate of drug-likeness (QED) is 0.238. The van der Waals surface area contributed by atoms with Crippen LogP contribution >= 0.6 is 12.2 Å². The van der Waals surface area contributed by atoms with Gasteiger partial charge in [0.25, 0.3) is 5.69 Å². The smallest absolute Gasteiger partial charge is 0.274 e. The van der Waals surface area contributed by atoms with E-state index in [-0.39, 0.29) is 22.7 Å². The van der Waals surface area contributed by atoms with Crippen LogP contribution in [-0.2, 0) is 0 Å². The minimum atomic E-state index is -0.578. The van der Waals surface area contributed by atoms with Crippen molar-refractivity contribution in [3.63, 3.8) is 0 Å². The van der Waals surface area contributed by atoms with Gasteiger partial charge in [-0.25, -0.2) is 0 Å². The molecule has 9 heteroatoms. The van der Waals surface area contributed by atoms with Gasteiger partial charge >= 0.3 is 0 Å². The topological polar surface area (TPSA) is 111 Å². The van der Waals surface area contributed by atoms with E-state index in [0.717, 1.165) is 6.07 Å². The number of phenols is 1. The second-order valence-corrected chi connectivity index (χ2v) is 3.74. The van der Waals surface area contributed by atoms with Crippen molar-refractivity contribution in [3.05, 3.63) is 27.8 Å². The summed E-state index contributed by atoms with van der Waals surface area (Å²) in [4.78, 5) is 10.2. The summed E-state index contributed by atoms with van der Waals surface area (Å²) in [5.41, 5.74) is 2.58. The number of ether oxygens (including phenoxy) is 1. The van der Waals surface area contributed by atoms with Crippen molar-refractivity contribution in [1.82, 2.24) is 10.7 Å². The zero-order valence-corrected chi connectivity index (χ0v) is 11.1. The van der Waals surface area contributed by atoms with E-state index in [1.54, 1.807) is 7.05 Å². The molecule has 4 N–H and O–H groups in total. The van der Waals surface area contributed by atoms with Gasteiger partial charge in [-0.05, 0) is 12.2 Å². The summed E-state index contributed by atoms with van der Waals surface area (Å²) in [6.07, 6.45) is 1.33. The number of hydrogen-bond donors (Lipinski definition) is 4. The highest BCUT2D eigenvalue weighted by molar-refractivity contribution is 7.80. The number of rotatable bonds is 4. The van der Waals surface area contributed by atoms with Crippen LogP contribution in [0.3, 0.4) is 0 Å². The summed E-state index contributed by atoms with van der Waals surface area (Å²) in [7, 11) is 2.94. The van der Waals surface area contributed by atoms with Gasteiger partial charge in [-0.3, -0.25) is 10.1 Å². The maximum absolute atomic E-state index is 10.7. The van der Waals surface area contributed by atoms with Crippen LogP contribution in [0.5, 0.6) is 11.5 Å². The number of methoxy groups -OCH3 is 1. The lowest BCUT2D eigenvalue weighted by Crippen LogP contribution is -2.82. The lowest BCUT2D eigenvalue weighted by atomic mass is 10.2. The zero-order chi connectivity index (χ0) is 14.4. The van der Waals surface area contributed by atoms with Crippen LogP contribution in [0.25, 0.3) is 0 Å². The first-order valence-corrected chi connectivity index (χ1v) is 5.52. The number of hydrazine groups is 1. The Morgan fingerprint density at radius 2 is 2.32 bits per heavy atom. The maximum atomic E-state index is 10.7. The summed E-state index contributed by atoms with van der Waals surface area (Å²) < 4.78 is 4.86. The summed E-state index contributed by atoms with van der Waals surface area (Å²) in [5.74, 6) is -0.198. The van der Waals surface area contributed by atoms with Gasteiger partial charge in [-0.15, -0.1) is 10.5 Å². The van der Waals surface area contributed by atoms with E-state index in [4.69, 9.17) is 17.0 Å². The van der Waals surface area contributed by atoms with Crippen LogP contribution in [0, 0.1) is 10.1 Å². The second-order valence-electron chi connectivity index (χ2n) is 3.34. The molecule has 0 spiro atoms. The molecule has 19 heavy (non-hydrogen) atoms. The van der Waals surface area contributed by atoms with Crippen molar-refractivity contribution >= 4 is 29.2 Å². The van der Waals surface area contributed by atoms with Gasteiger partial charge in [0, 0.05) is 13.1 Å². The van der Waals surface area contributed by atoms with Gasteiger partial charge in [0.1, 0.15) is 0 Å². The van der Waals surface area contributed by atoms with E-state index < -0.39 is 4.92 Å². The summed E-state index contributed by atoms with van der Waals surface area (Å²) in [6, 6.07) is 2.34. The highest BCUT2D eigenvalue weighted by Gasteiger charge is 2.17. The van der Waals surface area contributed by atoms with E-state index >= 15 is 0 Å². The van der Waals surface area contributed by atoms with Gasteiger partial charge < -0.3 is 15.2 Å². The summed E-state index contributed by atoms with van der Waals surface area (Å²) in [6.45, 7) is 0. The van der Waals surface area contributed by atoms with Crippen LogP contribution in [-0.4, -0.2) is 35.5 Å². The molecule has 0 fully saturated rings. The van der Waals surface area contributed by atoms with Crippen LogP contribution in [0.1, 0.15) is 5.56 Å². The third kappa shape index (κ3) is 3.78. The Morgan fingerprint density at radius 3 is 2.84 bits per heavy atom. The van der Waals surface area contributed by atoms with E-state index in [9.17, 15) is 15.2 Å². The summed E-state index contributed by atoms with van der Waals surface area (Å²) >= 11 is 4.82. The highest BCUT2D eigenvalue weighted by Crippen LogP contribution is 2.32. The average molecular weight is 285 g/mol. The monoisotopic (exact) mass is 285 g/mol. The van der Waals surface area contributed by atoms with Crippen LogP contribution in [0.2, 0.25) is 0 Å². The Kier molecular flexibility index (Phi) is 5.01. The first-order valence-electron chi connectivity index (χ1n) is 5.11. The molecule has 1 aromatic rings. The minimum Gasteiger partial charge on any atom is -0.504 e. The maximum Gasteiger partial charge on any atom is 0.274 e. The van der Waals surface area contributed by atoms with Gasteiger partial charge in [0.2, 0.25) is 11.3 Å². The number of nitro benzene ring substituents is 1. The third-order valence-corrected chi connectivity index (χ3v) is 2.47. The van der Waals surface area contributed by atoms with Crippen LogP contribution in [0.15, 0.2) is 12.1 Å². The van der Waals surface area contributed by atoms with Crippen molar-refractivity contribution in [1.29, 1.82) is 0 Å². The van der Waals surface area contributed by atoms with E-state index in [2.05, 4.69) is 15.8 Å². The number of hydrazone groups is 1. The largest absolute Gasteiger partial charge is 0.504 e. The number of non-ortho nitro benzene ring substituents is 1. The minimum absolute atomic E-state index is 0.0124. The molecule has 1 rings (SSSR count). The molecule has 0 atom stereocenters. The lowest BCUT2D eigenvalue weighted by molar-refractivity contribution is -0.500. The predicted octanol–water partition coefficient (Wildman–Crippen LogP) is -1.18. The molecule has 102 valence electrons. The SMILES string of the molecule is CNC(=S)N/[NH+]=C/c1cc([N+](=O)[O-])cc(OC)c1O. The molecule has 0 aliphatic rings. The van der Waals surface area contributed by atoms with Crippen molar-refractivity contribution in [2.45, 2.75) is 0 Å². The molecular formula is C10H13N4O4S+. The molecule has 0 heterocycles. The van der Waals surface area contributed by atoms with E-state index in [1.165, 1.54) is 19.4 Å². The van der Waals surface area contributed by atoms with Crippen molar-refractivity contribution < 1.29 is 19.9 Å². The van der Waals surface area contributed by atoms with E-state index in [0.29, 0.717) is 5.11 Å². The van der Waals surface area contributed by atoms with Gasteiger partial charge in [0.15, 0.2) is 11.5 Å². The Balaban J connectivity index is 3.08. The molecule has 0 bridgehead atoms. The van der Waals surface area contributed by atoms with Crippen molar-refractivity contribution in [2.75, 3.05) is 14.2 Å². The number of thiocarbonyl (C=S) groups is 1. The Labute approximate surface area is 114 Å². The highest BCUT2D eigenvalue weighted by atomic mass is 32.1. The molecule has 0 unspecified atom stereocenters. The number of phenolic OH excluding ortho intramolecular Hbond substituents is 1. The Hall–Kier alpha value is -2.42. The number of nitrogens with one attached hydrogen (secondary N) is 3. The molecule has 0 aliphatic carbocycles. The number of nitrogens with zero attached hydrogens (tertiary/aromatic N) is 1. The Bertz CT molecular complexity index is 533. The molecule has 1 aromatic carbocycles. The fourth-order valence-corrected chi connectivity index (χ4v) is 1.29. The van der Waals surface area contributed by atoms with Gasteiger partial charge in [-0.1, -0.05) is 0 Å². The molecule has 0 radical (unpaired) electrons. The molecule has 0 aliphatic heterocycles. The number of hydrogen-bond acceptors (Lipinski definition) is 5. The molecule has 0 saturated heterocycles. The molecule has 0 amide bonds. The second kappa shape index (κ2) is 6.50. The Morgan fingerprint density at radius 1 is 1.63 bits per heavy atom. The fourth-order valence-electron chi connectivity index (χ4n) is 1.23. The number of benzene rings is 1. The first kappa shape index (κ1) is 14.6. The standard InChI is InChI=1S/C10H12N4O4S/c1-11-10(19)13-12-5-6-3-7(14(16)17)4-8(18-2)9(6)15/h3-5,15H,1-2H3,(H2,11,13,19)/p+1/b12-5+. The van der Waals surface area contributed by atoms with Gasteiger partial charge in [0.05, 0.1) is 23.7 Å². The first-order chi connectivity index (χ1) is 8.99. The van der Waals surface area contributed by atoms with E-state index in [1.807, 2.05) is 0 Å². The van der Waals surface area contributed by atoms with Gasteiger partial charge in [-0.2, -0.15) is 0 Å². The summed E-state index contributed by atoms with van der Waals surface area (Å²) in [5, 5.41) is 26.2. The normalized spacial score (nSPS) is 10.2. The predicted molar refractivity (Wildman–Crippen MR) is 72.2 cm³/mol. The third-order valence-electron chi connectivity index (χ3n) is 2.16. The zero-order valence-electron chi connectivity index (χ0n) is 10.3. The van der Waals surface area contributed by atoms with Crippen LogP contribution < -0.4 is 20.6 Å². The van der Waals surface area contributed by atoms with Crippen LogP contribution in [0.4, 0.5) is 5.69 Å². The number of aromatic hydroxyl groups is 1. The fraction of sp³-hybridized carbons (Fsp3) is 0.200. The molecule has 0 saturated carbocycles. The molecule has 8 nitrogen and oxygen atoms in total. The molecule has 0 aromatic heterocycles. The van der Waals surface area contributed by atoms with Crippen molar-refractivity contribution in [2.24, 2.45) is 0 Å². The number of nitro groups is 1.